The van der Waals surface area contributed by atoms with E-state index in [4.69, 9.17) is 16.3 Å². The first-order valence-corrected chi connectivity index (χ1v) is 9.04. The van der Waals surface area contributed by atoms with Crippen molar-refractivity contribution in [1.29, 1.82) is 0 Å². The Bertz CT molecular complexity index is 703. The maximum Gasteiger partial charge on any atom is 0.272 e. The number of thiophene rings is 1. The van der Waals surface area contributed by atoms with E-state index in [-0.39, 0.29) is 10.0 Å². The molecule has 2 aromatic heterocycles. The van der Waals surface area contributed by atoms with Crippen molar-refractivity contribution in [1.82, 2.24) is 10.2 Å². The Morgan fingerprint density at radius 2 is 1.95 bits per heavy atom. The van der Waals surface area contributed by atoms with Crippen LogP contribution in [0.25, 0.3) is 0 Å². The van der Waals surface area contributed by atoms with E-state index in [1.165, 1.54) is 12.1 Å². The van der Waals surface area contributed by atoms with Gasteiger partial charge in [-0.3, -0.25) is 4.72 Å². The Labute approximate surface area is 137 Å². The van der Waals surface area contributed by atoms with Crippen LogP contribution in [0.2, 0.25) is 4.34 Å². The van der Waals surface area contributed by atoms with E-state index in [0.29, 0.717) is 23.3 Å². The molecule has 0 saturated heterocycles. The van der Waals surface area contributed by atoms with Gasteiger partial charge in [0.15, 0.2) is 5.82 Å². The molecule has 22 heavy (non-hydrogen) atoms. The standard InChI is InChI=1S/C12H15ClN4O3S2/c1-20-8-2-7-14-10-4-5-11(16-15-10)17-22(18,19)12-6-3-9(13)21-12/h3-6H,2,7-8H2,1H3,(H,14,15)(H,16,17). The minimum atomic E-state index is -3.69. The van der Waals surface area contributed by atoms with Crippen LogP contribution in [0.3, 0.4) is 0 Å². The summed E-state index contributed by atoms with van der Waals surface area (Å²) in [6.45, 7) is 1.35. The summed E-state index contributed by atoms with van der Waals surface area (Å²) in [5.74, 6) is 0.713. The van der Waals surface area contributed by atoms with Crippen molar-refractivity contribution in [3.05, 3.63) is 28.6 Å². The van der Waals surface area contributed by atoms with Gasteiger partial charge in [0.25, 0.3) is 10.0 Å². The average Bonchev–Trinajstić information content (AvgIpc) is 2.93. The topological polar surface area (TPSA) is 93.2 Å². The predicted molar refractivity (Wildman–Crippen MR) is 87.2 cm³/mol. The molecule has 2 heterocycles. The lowest BCUT2D eigenvalue weighted by atomic mass is 10.4. The Morgan fingerprint density at radius 3 is 2.55 bits per heavy atom. The molecule has 7 nitrogen and oxygen atoms in total. The normalized spacial score (nSPS) is 11.4. The van der Waals surface area contributed by atoms with Gasteiger partial charge in [-0.2, -0.15) is 0 Å². The van der Waals surface area contributed by atoms with Crippen LogP contribution in [0, 0.1) is 0 Å². The third kappa shape index (κ3) is 4.80. The SMILES string of the molecule is COCCCNc1ccc(NS(=O)(=O)c2ccc(Cl)s2)nn1. The van der Waals surface area contributed by atoms with Crippen LogP contribution in [0.4, 0.5) is 11.6 Å². The Kier molecular flexibility index (Phi) is 5.95. The second kappa shape index (κ2) is 7.73. The van der Waals surface area contributed by atoms with E-state index in [1.807, 2.05) is 0 Å². The first-order chi connectivity index (χ1) is 10.5. The molecule has 120 valence electrons. The van der Waals surface area contributed by atoms with Crippen molar-refractivity contribution in [3.8, 4) is 0 Å². The molecule has 2 N–H and O–H groups in total. The van der Waals surface area contributed by atoms with Gasteiger partial charge < -0.3 is 10.1 Å². The fourth-order valence-electron chi connectivity index (χ4n) is 1.54. The van der Waals surface area contributed by atoms with Crippen LogP contribution in [-0.2, 0) is 14.8 Å². The maximum atomic E-state index is 12.1. The third-order valence-corrected chi connectivity index (χ3v) is 5.63. The minimum absolute atomic E-state index is 0.126. The summed E-state index contributed by atoms with van der Waals surface area (Å²) in [6.07, 6.45) is 0.839. The lowest BCUT2D eigenvalue weighted by molar-refractivity contribution is 0.197. The quantitative estimate of drug-likeness (QED) is 0.700. The summed E-state index contributed by atoms with van der Waals surface area (Å²) >= 11 is 6.72. The average molecular weight is 363 g/mol. The van der Waals surface area contributed by atoms with Crippen molar-refractivity contribution in [2.24, 2.45) is 0 Å². The van der Waals surface area contributed by atoms with Crippen LogP contribution in [0.15, 0.2) is 28.5 Å². The number of halogens is 1. The number of nitrogens with zero attached hydrogens (tertiary/aromatic N) is 2. The number of anilines is 2. The summed E-state index contributed by atoms with van der Waals surface area (Å²) in [6, 6.07) is 6.16. The van der Waals surface area contributed by atoms with Crippen molar-refractivity contribution >= 4 is 44.6 Å². The number of hydrogen-bond donors (Lipinski definition) is 2. The largest absolute Gasteiger partial charge is 0.385 e. The van der Waals surface area contributed by atoms with Crippen LogP contribution >= 0.6 is 22.9 Å². The molecule has 0 amide bonds. The summed E-state index contributed by atoms with van der Waals surface area (Å²) in [4.78, 5) is 0. The van der Waals surface area contributed by atoms with Crippen molar-refractivity contribution < 1.29 is 13.2 Å². The van der Waals surface area contributed by atoms with Gasteiger partial charge in [0, 0.05) is 20.3 Å². The number of sulfonamides is 1. The lowest BCUT2D eigenvalue weighted by Crippen LogP contribution is -2.13. The molecule has 2 aromatic rings. The summed E-state index contributed by atoms with van der Waals surface area (Å²) in [7, 11) is -2.04. The maximum absolute atomic E-state index is 12.1. The zero-order valence-corrected chi connectivity index (χ0v) is 14.1. The highest BCUT2D eigenvalue weighted by molar-refractivity contribution is 7.94. The molecule has 0 bridgehead atoms. The van der Waals surface area contributed by atoms with E-state index in [2.05, 4.69) is 20.2 Å². The molecule has 0 radical (unpaired) electrons. The third-order valence-electron chi connectivity index (χ3n) is 2.55. The molecule has 0 saturated carbocycles. The fourth-order valence-corrected chi connectivity index (χ4v) is 4.02. The lowest BCUT2D eigenvalue weighted by Gasteiger charge is -2.07. The highest BCUT2D eigenvalue weighted by Crippen LogP contribution is 2.26. The second-order valence-electron chi connectivity index (χ2n) is 4.24. The van der Waals surface area contributed by atoms with E-state index in [0.717, 1.165) is 17.8 Å². The number of methoxy groups -OCH3 is 1. The number of hydrogen-bond acceptors (Lipinski definition) is 7. The molecule has 0 aliphatic rings. The zero-order chi connectivity index (χ0) is 16.0. The van der Waals surface area contributed by atoms with Crippen LogP contribution in [-0.4, -0.2) is 38.9 Å². The first-order valence-electron chi connectivity index (χ1n) is 6.36. The molecule has 0 fully saturated rings. The van der Waals surface area contributed by atoms with E-state index in [1.54, 1.807) is 19.2 Å². The zero-order valence-electron chi connectivity index (χ0n) is 11.7. The summed E-state index contributed by atoms with van der Waals surface area (Å²) < 4.78 is 32.0. The minimum Gasteiger partial charge on any atom is -0.385 e. The van der Waals surface area contributed by atoms with Crippen molar-refractivity contribution in [2.75, 3.05) is 30.3 Å². The van der Waals surface area contributed by atoms with Crippen LogP contribution < -0.4 is 10.0 Å². The fraction of sp³-hybridized carbons (Fsp3) is 0.333. The summed E-state index contributed by atoms with van der Waals surface area (Å²) in [5.41, 5.74) is 0. The Morgan fingerprint density at radius 1 is 1.23 bits per heavy atom. The molecular weight excluding hydrogens is 348 g/mol. The predicted octanol–water partition coefficient (Wildman–Crippen LogP) is 2.44. The molecule has 0 aliphatic carbocycles. The van der Waals surface area contributed by atoms with Crippen LogP contribution in [0.5, 0.6) is 0 Å². The molecule has 0 spiro atoms. The molecule has 0 unspecified atom stereocenters. The van der Waals surface area contributed by atoms with Crippen molar-refractivity contribution in [2.45, 2.75) is 10.6 Å². The van der Waals surface area contributed by atoms with E-state index < -0.39 is 10.0 Å². The number of rotatable bonds is 8. The Hall–Kier alpha value is -1.42. The molecule has 2 rings (SSSR count). The van der Waals surface area contributed by atoms with Gasteiger partial charge in [-0.15, -0.1) is 21.5 Å². The van der Waals surface area contributed by atoms with Gasteiger partial charge in [-0.25, -0.2) is 8.42 Å². The molecule has 0 aliphatic heterocycles. The number of aromatic nitrogens is 2. The smallest absolute Gasteiger partial charge is 0.272 e. The first kappa shape index (κ1) is 16.9. The van der Waals surface area contributed by atoms with Crippen LogP contribution in [0.1, 0.15) is 6.42 Å². The van der Waals surface area contributed by atoms with Crippen molar-refractivity contribution in [3.63, 3.8) is 0 Å². The number of nitrogens with one attached hydrogen (secondary N) is 2. The second-order valence-corrected chi connectivity index (χ2v) is 7.87. The monoisotopic (exact) mass is 362 g/mol. The highest BCUT2D eigenvalue weighted by atomic mass is 35.5. The van der Waals surface area contributed by atoms with Gasteiger partial charge in [0.05, 0.1) is 4.34 Å². The molecule has 0 atom stereocenters. The molecular formula is C12H15ClN4O3S2. The van der Waals surface area contributed by atoms with Gasteiger partial charge in [0.1, 0.15) is 10.0 Å². The van der Waals surface area contributed by atoms with Gasteiger partial charge in [-0.1, -0.05) is 11.6 Å². The Balaban J connectivity index is 1.96. The molecule has 10 heteroatoms. The van der Waals surface area contributed by atoms with E-state index >= 15 is 0 Å². The van der Waals surface area contributed by atoms with Gasteiger partial charge in [-0.05, 0) is 30.7 Å². The summed E-state index contributed by atoms with van der Waals surface area (Å²) in [5, 5.41) is 10.8. The molecule has 0 aromatic carbocycles. The highest BCUT2D eigenvalue weighted by Gasteiger charge is 2.17. The van der Waals surface area contributed by atoms with Gasteiger partial charge in [0.2, 0.25) is 0 Å². The number of ether oxygens (including phenoxy) is 1. The van der Waals surface area contributed by atoms with E-state index in [9.17, 15) is 8.42 Å². The van der Waals surface area contributed by atoms with Gasteiger partial charge >= 0.3 is 0 Å².